The molecule has 6 unspecified atom stereocenters. The normalized spacial score (nSPS) is 18.9. The highest BCUT2D eigenvalue weighted by molar-refractivity contribution is 7.55. The van der Waals surface area contributed by atoms with Crippen LogP contribution >= 0.6 is 8.17 Å². The zero-order valence-corrected chi connectivity index (χ0v) is 55.4. The molecular formula is C72H73N9O17P+. The summed E-state index contributed by atoms with van der Waals surface area (Å²) >= 11 is 0. The smallest absolute Gasteiger partial charge is 0.497 e. The SMILES string of the molecule is COc1ccc(C(OC[C@H]2OC(n3cc(C)c(=O)[nH]c3=O)CC2O[P+](O)(OCCC#N)OC[C@H]2OC(n3cnc4c(NC(=O)c5ccc(CNC(=O)OCC6c7ccccc7-c7ccccc76)cc5)ncnc43)CC2OC(=O)CCC(C)O)(c2ccccc2)c2ccc(OC)cc2)cc1. The molecule has 2 fully saturated rings. The Labute approximate surface area is 569 Å². The number of hydrogen-bond donors (Lipinski definition) is 5. The lowest BCUT2D eigenvalue weighted by atomic mass is 9.80. The predicted molar refractivity (Wildman–Crippen MR) is 360 cm³/mol. The summed E-state index contributed by atoms with van der Waals surface area (Å²) in [5.74, 6) is -0.0194. The fraction of sp³-hybridized carbons (Fsp3) is 0.319. The Morgan fingerprint density at radius 3 is 2.02 bits per heavy atom. The third kappa shape index (κ3) is 15.5. The minimum Gasteiger partial charge on any atom is -0.497 e. The van der Waals surface area contributed by atoms with Crippen molar-refractivity contribution in [1.29, 1.82) is 5.26 Å². The van der Waals surface area contributed by atoms with Gasteiger partial charge in [-0.15, -0.1) is 4.52 Å². The fourth-order valence-electron chi connectivity index (χ4n) is 12.5. The lowest BCUT2D eigenvalue weighted by Crippen LogP contribution is -2.39. The largest absolute Gasteiger partial charge is 0.573 e. The molecule has 1 aliphatic carbocycles. The maximum atomic E-state index is 13.8. The Kier molecular flexibility index (Phi) is 21.4. The summed E-state index contributed by atoms with van der Waals surface area (Å²) in [7, 11) is -1.51. The number of ether oxygens (including phenoxy) is 7. The minimum atomic E-state index is -4.64. The zero-order valence-electron chi connectivity index (χ0n) is 54.5. The Hall–Kier alpha value is -10.0. The fourth-order valence-corrected chi connectivity index (χ4v) is 13.9. The third-order valence-electron chi connectivity index (χ3n) is 17.5. The van der Waals surface area contributed by atoms with Crippen LogP contribution in [0.4, 0.5) is 10.6 Å². The Morgan fingerprint density at radius 1 is 0.758 bits per heavy atom. The van der Waals surface area contributed by atoms with E-state index in [4.69, 9.17) is 46.7 Å². The molecule has 2 aliphatic heterocycles. The Balaban J connectivity index is 0.763. The Bertz CT molecular complexity index is 4400. The molecule has 5 heterocycles. The second-order valence-electron chi connectivity index (χ2n) is 24.0. The molecule has 0 bridgehead atoms. The van der Waals surface area contributed by atoms with E-state index < -0.39 is 92.6 Å². The lowest BCUT2D eigenvalue weighted by molar-refractivity contribution is -0.153. The number of nitrogens with one attached hydrogen (secondary N) is 3. The number of methoxy groups -OCH3 is 2. The van der Waals surface area contributed by atoms with E-state index in [1.54, 1.807) is 50.0 Å². The number of esters is 1. The van der Waals surface area contributed by atoms with E-state index >= 15 is 0 Å². The average Bonchev–Trinajstić information content (AvgIpc) is 1.50. The molecule has 3 aliphatic rings. The molecule has 26 nitrogen and oxygen atoms in total. The van der Waals surface area contributed by atoms with Crippen molar-refractivity contribution in [1.82, 2.24) is 34.4 Å². The van der Waals surface area contributed by atoms with Gasteiger partial charge in [0.15, 0.2) is 17.0 Å². The van der Waals surface area contributed by atoms with Gasteiger partial charge in [0, 0.05) is 49.0 Å². The van der Waals surface area contributed by atoms with Gasteiger partial charge in [0.1, 0.15) is 80.1 Å². The van der Waals surface area contributed by atoms with E-state index in [0.29, 0.717) is 33.8 Å². The molecule has 99 heavy (non-hydrogen) atoms. The maximum absolute atomic E-state index is 13.8. The van der Waals surface area contributed by atoms with Crippen LogP contribution in [0.25, 0.3) is 22.3 Å². The van der Waals surface area contributed by atoms with E-state index in [-0.39, 0.29) is 92.5 Å². The molecule has 3 aromatic heterocycles. The van der Waals surface area contributed by atoms with Gasteiger partial charge < -0.3 is 48.9 Å². The number of rotatable bonds is 28. The molecule has 27 heteroatoms. The van der Waals surface area contributed by atoms with Gasteiger partial charge in [-0.2, -0.15) is 19.2 Å². The van der Waals surface area contributed by atoms with Crippen molar-refractivity contribution >= 4 is 43.1 Å². The van der Waals surface area contributed by atoms with Crippen molar-refractivity contribution in [3.8, 4) is 28.7 Å². The van der Waals surface area contributed by atoms with Crippen molar-refractivity contribution in [3.05, 3.63) is 236 Å². The number of carbonyl (C=O) groups is 3. The molecule has 2 saturated heterocycles. The summed E-state index contributed by atoms with van der Waals surface area (Å²) < 4.78 is 65.1. The summed E-state index contributed by atoms with van der Waals surface area (Å²) in [6.45, 7) is 2.18. The molecule has 12 rings (SSSR count). The van der Waals surface area contributed by atoms with E-state index in [9.17, 15) is 39.2 Å². The average molecular weight is 1370 g/mol. The van der Waals surface area contributed by atoms with Gasteiger partial charge in [-0.25, -0.2) is 24.5 Å². The number of aromatic amines is 1. The first-order chi connectivity index (χ1) is 48.0. The lowest BCUT2D eigenvalue weighted by Gasteiger charge is -2.37. The number of nitrogens with zero attached hydrogens (tertiary/aromatic N) is 6. The summed E-state index contributed by atoms with van der Waals surface area (Å²) in [5.41, 5.74) is 5.40. The van der Waals surface area contributed by atoms with E-state index in [0.717, 1.165) is 22.3 Å². The molecule has 6 aromatic carbocycles. The zero-order chi connectivity index (χ0) is 69.2. The Morgan fingerprint density at radius 2 is 1.37 bits per heavy atom. The van der Waals surface area contributed by atoms with Crippen LogP contribution in [0.1, 0.15) is 107 Å². The van der Waals surface area contributed by atoms with Crippen LogP contribution < -0.4 is 31.4 Å². The number of hydrogen-bond acceptors (Lipinski definition) is 21. The number of aliphatic hydroxyl groups excluding tert-OH is 1. The van der Waals surface area contributed by atoms with Crippen molar-refractivity contribution < 1.29 is 71.1 Å². The van der Waals surface area contributed by atoms with E-state index in [1.807, 2.05) is 109 Å². The van der Waals surface area contributed by atoms with Crippen LogP contribution in [-0.4, -0.2) is 128 Å². The molecule has 2 amide bonds. The number of carbonyl (C=O) groups excluding carboxylic acids is 3. The van der Waals surface area contributed by atoms with Crippen LogP contribution in [0.2, 0.25) is 0 Å². The number of alkyl carbamates (subject to hydrolysis) is 1. The number of aromatic nitrogens is 6. The first kappa shape index (κ1) is 68.9. The topological polar surface area (TPSA) is 330 Å². The first-order valence-corrected chi connectivity index (χ1v) is 33.6. The molecule has 8 atom stereocenters. The number of imidazole rings is 1. The van der Waals surface area contributed by atoms with Gasteiger partial charge in [0.05, 0.1) is 45.7 Å². The van der Waals surface area contributed by atoms with E-state index in [1.165, 1.54) is 30.3 Å². The van der Waals surface area contributed by atoms with E-state index in [2.05, 4.69) is 54.8 Å². The number of H-pyrrole nitrogens is 1. The molecule has 512 valence electrons. The van der Waals surface area contributed by atoms with Crippen molar-refractivity contribution in [2.24, 2.45) is 0 Å². The number of aliphatic hydroxyl groups is 1. The molecule has 0 spiro atoms. The summed E-state index contributed by atoms with van der Waals surface area (Å²) in [6.07, 6.45) is -4.46. The molecule has 9 aromatic rings. The molecule has 0 radical (unpaired) electrons. The van der Waals surface area contributed by atoms with Crippen LogP contribution in [0.5, 0.6) is 11.5 Å². The molecular weight excluding hydrogens is 1290 g/mol. The van der Waals surface area contributed by atoms with Crippen molar-refractivity contribution in [3.63, 3.8) is 0 Å². The van der Waals surface area contributed by atoms with Crippen LogP contribution in [0.3, 0.4) is 0 Å². The van der Waals surface area contributed by atoms with Gasteiger partial charge >= 0.3 is 25.9 Å². The second kappa shape index (κ2) is 30.8. The quantitative estimate of drug-likeness (QED) is 0.0132. The van der Waals surface area contributed by atoms with Gasteiger partial charge in [-0.3, -0.25) is 28.5 Å². The van der Waals surface area contributed by atoms with Gasteiger partial charge in [0.2, 0.25) is 0 Å². The van der Waals surface area contributed by atoms with Crippen LogP contribution in [-0.2, 0) is 54.2 Å². The van der Waals surface area contributed by atoms with Crippen LogP contribution in [0, 0.1) is 18.3 Å². The maximum Gasteiger partial charge on any atom is 0.573 e. The second-order valence-corrected chi connectivity index (χ2v) is 25.6. The molecule has 0 saturated carbocycles. The van der Waals surface area contributed by atoms with Gasteiger partial charge in [-0.1, -0.05) is 115 Å². The number of nitriles is 1. The highest BCUT2D eigenvalue weighted by Crippen LogP contribution is 2.61. The number of benzene rings is 6. The highest BCUT2D eigenvalue weighted by Gasteiger charge is 2.55. The summed E-state index contributed by atoms with van der Waals surface area (Å²) in [4.78, 5) is 95.0. The number of amides is 2. The molecule has 5 N–H and O–H groups in total. The summed E-state index contributed by atoms with van der Waals surface area (Å²) in [5, 5.41) is 25.4. The van der Waals surface area contributed by atoms with Crippen molar-refractivity contribution in [2.75, 3.05) is 46.0 Å². The minimum absolute atomic E-state index is 0.0163. The standard InChI is InChI=1S/C72H72N9O17P/c1-44-38-80(70(86)79-68(44)84)62-36-59(60(95-62)40-92-72(48-13-6-5-7-14-48,49-24-28-51(89-3)29-25-49)50-26-30-52(90-4)31-27-50)98-99(88,93-34-12-33-73)94-41-61-58(97-64(83)32-19-45(2)82)35-63(96-61)81-43-77-65-66(75-42-76-67(65)81)78-69(85)47-22-20-46(21-23-47)37-74-71(87)91-39-57-55-17-10-8-15-53(55)54-16-9-11-18-56(54)57/h5-11,13-18,20-31,38,42-43,45,57-63,82,88H,12,19,32,34-37,39-41H2,1-4H3,(H2-,74,75,76,78,79,84,85,86,87)/p+1/t45?,58?,59?,60-,61-,62?,63?,99?/m1/s1. The van der Waals surface area contributed by atoms with Crippen LogP contribution in [0.15, 0.2) is 180 Å². The summed E-state index contributed by atoms with van der Waals surface area (Å²) in [6, 6.07) is 49.0. The number of anilines is 1. The number of aryl methyl sites for hydroxylation is 1. The third-order valence-corrected chi connectivity index (χ3v) is 19.1. The number of fused-ring (bicyclic) bond motifs is 4. The van der Waals surface area contributed by atoms with Gasteiger partial charge in [0.25, 0.3) is 11.5 Å². The van der Waals surface area contributed by atoms with Crippen molar-refractivity contribution in [2.45, 2.75) is 107 Å². The first-order valence-electron chi connectivity index (χ1n) is 32.2. The monoisotopic (exact) mass is 1370 g/mol. The predicted octanol–water partition coefficient (Wildman–Crippen LogP) is 9.65. The van der Waals surface area contributed by atoms with Gasteiger partial charge in [-0.05, 0) is 101 Å². The highest BCUT2D eigenvalue weighted by atomic mass is 31.2.